The zero-order valence-electron chi connectivity index (χ0n) is 9.30. The van der Waals surface area contributed by atoms with E-state index in [1.165, 1.54) is 12.1 Å². The van der Waals surface area contributed by atoms with E-state index in [2.05, 4.69) is 0 Å². The lowest BCUT2D eigenvalue weighted by Crippen LogP contribution is -2.26. The van der Waals surface area contributed by atoms with Crippen molar-refractivity contribution >= 4 is 5.69 Å². The smallest absolute Gasteiger partial charge is 0.274 e. The Morgan fingerprint density at radius 3 is 2.94 bits per heavy atom. The Hall–Kier alpha value is -1.53. The third-order valence-corrected chi connectivity index (χ3v) is 2.94. The number of benzene rings is 1. The van der Waals surface area contributed by atoms with Crippen molar-refractivity contribution in [3.63, 3.8) is 0 Å². The molecule has 0 saturated carbocycles. The van der Waals surface area contributed by atoms with E-state index in [9.17, 15) is 14.5 Å². The number of likely N-dealkylation sites (tertiary alicyclic amines) is 1. The third kappa shape index (κ3) is 2.78. The van der Waals surface area contributed by atoms with Crippen LogP contribution in [-0.2, 0) is 6.54 Å². The van der Waals surface area contributed by atoms with Gasteiger partial charge in [0.05, 0.1) is 4.92 Å². The second-order valence-electron chi connectivity index (χ2n) is 4.31. The van der Waals surface area contributed by atoms with E-state index in [-0.39, 0.29) is 11.7 Å². The zero-order valence-corrected chi connectivity index (χ0v) is 9.30. The number of halogens is 1. The van der Waals surface area contributed by atoms with Crippen molar-refractivity contribution in [1.82, 2.24) is 4.90 Å². The molecule has 0 amide bonds. The van der Waals surface area contributed by atoms with E-state index < -0.39 is 10.7 Å². The fraction of sp³-hybridized carbons (Fsp3) is 0.455. The van der Waals surface area contributed by atoms with Gasteiger partial charge in [0.2, 0.25) is 0 Å². The molecule has 17 heavy (non-hydrogen) atoms. The Kier molecular flexibility index (Phi) is 3.35. The standard InChI is InChI=1S/C11H14FN3O2/c12-9-1-2-11(15(16)17)8(5-9)6-14-4-3-10(13)7-14/h1-2,5,10H,3-4,6-7,13H2/t10-/m0/s1. The van der Waals surface area contributed by atoms with Gasteiger partial charge in [0, 0.05) is 37.3 Å². The van der Waals surface area contributed by atoms with E-state index >= 15 is 0 Å². The first-order chi connectivity index (χ1) is 8.06. The molecule has 1 aliphatic heterocycles. The van der Waals surface area contributed by atoms with E-state index in [0.29, 0.717) is 18.7 Å². The van der Waals surface area contributed by atoms with Gasteiger partial charge in [-0.25, -0.2) is 4.39 Å². The molecule has 0 radical (unpaired) electrons. The van der Waals surface area contributed by atoms with Gasteiger partial charge in [-0.3, -0.25) is 15.0 Å². The maximum atomic E-state index is 13.1. The van der Waals surface area contributed by atoms with Crippen LogP contribution in [0.2, 0.25) is 0 Å². The van der Waals surface area contributed by atoms with Gasteiger partial charge in [0.1, 0.15) is 5.82 Å². The van der Waals surface area contributed by atoms with Crippen LogP contribution in [-0.4, -0.2) is 29.0 Å². The molecule has 1 aromatic carbocycles. The summed E-state index contributed by atoms with van der Waals surface area (Å²) in [5.41, 5.74) is 6.13. The number of rotatable bonds is 3. The van der Waals surface area contributed by atoms with E-state index in [1.807, 2.05) is 4.90 Å². The summed E-state index contributed by atoms with van der Waals surface area (Å²) in [6.45, 7) is 1.88. The van der Waals surface area contributed by atoms with Gasteiger partial charge in [-0.15, -0.1) is 0 Å². The maximum absolute atomic E-state index is 13.1. The molecule has 0 aliphatic carbocycles. The molecule has 1 aromatic rings. The highest BCUT2D eigenvalue weighted by Crippen LogP contribution is 2.22. The van der Waals surface area contributed by atoms with Crippen LogP contribution in [0.25, 0.3) is 0 Å². The third-order valence-electron chi connectivity index (χ3n) is 2.94. The molecule has 1 fully saturated rings. The lowest BCUT2D eigenvalue weighted by Gasteiger charge is -2.15. The van der Waals surface area contributed by atoms with Crippen LogP contribution < -0.4 is 5.73 Å². The van der Waals surface area contributed by atoms with Crippen LogP contribution >= 0.6 is 0 Å². The number of hydrogen-bond acceptors (Lipinski definition) is 4. The van der Waals surface area contributed by atoms with Gasteiger partial charge < -0.3 is 5.73 Å². The fourth-order valence-corrected chi connectivity index (χ4v) is 2.11. The van der Waals surface area contributed by atoms with Gasteiger partial charge in [0.15, 0.2) is 0 Å². The first-order valence-corrected chi connectivity index (χ1v) is 5.47. The molecule has 1 saturated heterocycles. The highest BCUT2D eigenvalue weighted by atomic mass is 19.1. The highest BCUT2D eigenvalue weighted by Gasteiger charge is 2.22. The van der Waals surface area contributed by atoms with Gasteiger partial charge >= 0.3 is 0 Å². The first kappa shape index (κ1) is 11.9. The van der Waals surface area contributed by atoms with Crippen molar-refractivity contribution in [1.29, 1.82) is 0 Å². The molecule has 5 nitrogen and oxygen atoms in total. The molecule has 0 bridgehead atoms. The van der Waals surface area contributed by atoms with E-state index in [4.69, 9.17) is 5.73 Å². The normalized spacial score (nSPS) is 20.7. The molecule has 2 N–H and O–H groups in total. The average molecular weight is 239 g/mol. The van der Waals surface area contributed by atoms with Crippen molar-refractivity contribution < 1.29 is 9.31 Å². The summed E-state index contributed by atoms with van der Waals surface area (Å²) in [4.78, 5) is 12.3. The van der Waals surface area contributed by atoms with Crippen LogP contribution in [0.5, 0.6) is 0 Å². The van der Waals surface area contributed by atoms with Crippen LogP contribution in [0, 0.1) is 15.9 Å². The largest absolute Gasteiger partial charge is 0.326 e. The molecule has 0 unspecified atom stereocenters. The number of nitrogens with two attached hydrogens (primary N) is 1. The molecule has 0 spiro atoms. The summed E-state index contributed by atoms with van der Waals surface area (Å²) >= 11 is 0. The number of hydrogen-bond donors (Lipinski definition) is 1. The summed E-state index contributed by atoms with van der Waals surface area (Å²) < 4.78 is 13.1. The fourth-order valence-electron chi connectivity index (χ4n) is 2.11. The molecular weight excluding hydrogens is 225 g/mol. The van der Waals surface area contributed by atoms with Crippen molar-refractivity contribution in [3.8, 4) is 0 Å². The maximum Gasteiger partial charge on any atom is 0.274 e. The number of nitrogens with zero attached hydrogens (tertiary/aromatic N) is 2. The van der Waals surface area contributed by atoms with E-state index in [0.717, 1.165) is 19.0 Å². The minimum Gasteiger partial charge on any atom is -0.326 e. The summed E-state index contributed by atoms with van der Waals surface area (Å²) in [5.74, 6) is -0.450. The Balaban J connectivity index is 2.19. The summed E-state index contributed by atoms with van der Waals surface area (Å²) in [5, 5.41) is 10.8. The topological polar surface area (TPSA) is 72.4 Å². The van der Waals surface area contributed by atoms with Gasteiger partial charge in [-0.1, -0.05) is 0 Å². The Bertz CT molecular complexity index is 439. The number of nitro benzene ring substituents is 1. The van der Waals surface area contributed by atoms with Gasteiger partial charge in [-0.05, 0) is 18.6 Å². The van der Waals surface area contributed by atoms with Crippen LogP contribution in [0.4, 0.5) is 10.1 Å². The molecule has 0 aromatic heterocycles. The Morgan fingerprint density at radius 2 is 2.35 bits per heavy atom. The molecule has 2 rings (SSSR count). The minimum atomic E-state index is -0.481. The second-order valence-corrected chi connectivity index (χ2v) is 4.31. The molecule has 92 valence electrons. The predicted molar refractivity (Wildman–Crippen MR) is 60.9 cm³/mol. The van der Waals surface area contributed by atoms with Crippen molar-refractivity contribution in [2.75, 3.05) is 13.1 Å². The van der Waals surface area contributed by atoms with Crippen LogP contribution in [0.3, 0.4) is 0 Å². The zero-order chi connectivity index (χ0) is 12.4. The predicted octanol–water partition coefficient (Wildman–Crippen LogP) is 1.27. The minimum absolute atomic E-state index is 0.0353. The monoisotopic (exact) mass is 239 g/mol. The quantitative estimate of drug-likeness (QED) is 0.636. The molecule has 1 atom stereocenters. The summed E-state index contributed by atoms with van der Waals surface area (Å²) in [6.07, 6.45) is 0.878. The van der Waals surface area contributed by atoms with Crippen LogP contribution in [0.15, 0.2) is 18.2 Å². The van der Waals surface area contributed by atoms with Gasteiger partial charge in [-0.2, -0.15) is 0 Å². The highest BCUT2D eigenvalue weighted by molar-refractivity contribution is 5.40. The summed E-state index contributed by atoms with van der Waals surface area (Å²) in [6, 6.07) is 3.66. The Labute approximate surface area is 98.2 Å². The molecule has 1 aliphatic rings. The van der Waals surface area contributed by atoms with Crippen molar-refractivity contribution in [2.45, 2.75) is 19.0 Å². The van der Waals surface area contributed by atoms with E-state index in [1.54, 1.807) is 0 Å². The van der Waals surface area contributed by atoms with Crippen molar-refractivity contribution in [2.24, 2.45) is 5.73 Å². The lowest BCUT2D eigenvalue weighted by atomic mass is 10.1. The molecular formula is C11H14FN3O2. The number of nitro groups is 1. The SMILES string of the molecule is N[C@H]1CCN(Cc2cc(F)ccc2[N+](=O)[O-])C1. The van der Waals surface area contributed by atoms with Crippen molar-refractivity contribution in [3.05, 3.63) is 39.7 Å². The lowest BCUT2D eigenvalue weighted by molar-refractivity contribution is -0.385. The Morgan fingerprint density at radius 1 is 1.59 bits per heavy atom. The molecule has 6 heteroatoms. The van der Waals surface area contributed by atoms with Gasteiger partial charge in [0.25, 0.3) is 5.69 Å². The second kappa shape index (κ2) is 4.77. The average Bonchev–Trinajstić information content (AvgIpc) is 2.63. The summed E-state index contributed by atoms with van der Waals surface area (Å²) in [7, 11) is 0. The van der Waals surface area contributed by atoms with Crippen LogP contribution in [0.1, 0.15) is 12.0 Å². The molecule has 1 heterocycles. The first-order valence-electron chi connectivity index (χ1n) is 5.47.